The Morgan fingerprint density at radius 1 is 0.882 bits per heavy atom. The predicted molar refractivity (Wildman–Crippen MR) is 108 cm³/mol. The molecule has 0 fully saturated rings. The van der Waals surface area contributed by atoms with Crippen LogP contribution in [-0.2, 0) is 12.4 Å². The van der Waals surface area contributed by atoms with Gasteiger partial charge in [-0.15, -0.1) is 0 Å². The van der Waals surface area contributed by atoms with E-state index in [2.05, 4.69) is 15.9 Å². The maximum absolute atomic E-state index is 13.8. The zero-order valence-corrected chi connectivity index (χ0v) is 18.5. The number of hydrogen-bond donors (Lipinski definition) is 0. The lowest BCUT2D eigenvalue weighted by atomic mass is 10.1. The van der Waals surface area contributed by atoms with Gasteiger partial charge in [0.15, 0.2) is 0 Å². The van der Waals surface area contributed by atoms with Crippen molar-refractivity contribution in [3.05, 3.63) is 69.2 Å². The molecule has 0 saturated carbocycles. The van der Waals surface area contributed by atoms with Crippen molar-refractivity contribution in [2.45, 2.75) is 19.3 Å². The third-order valence-corrected chi connectivity index (χ3v) is 5.36. The number of benzene rings is 2. The van der Waals surface area contributed by atoms with Gasteiger partial charge < -0.3 is 4.90 Å². The van der Waals surface area contributed by atoms with Crippen LogP contribution < -0.4 is 4.90 Å². The summed E-state index contributed by atoms with van der Waals surface area (Å²) in [5.74, 6) is 0. The lowest BCUT2D eigenvalue weighted by Gasteiger charge is -2.29. The molecule has 2 aromatic carbocycles. The summed E-state index contributed by atoms with van der Waals surface area (Å²) in [5.41, 5.74) is -10.4. The van der Waals surface area contributed by atoms with E-state index in [-0.39, 0.29) is 18.2 Å². The molecule has 2 aromatic rings. The molecule has 0 aliphatic rings. The minimum atomic E-state index is -5.44. The molecule has 10 nitrogen and oxygen atoms in total. The standard InChI is InChI=1S/C16H8BrClF6N4O6/c1-2-25(14-8(18)5-9(27(31)32)11(12(14)17)16(22,23)24)13-7(15(19,20)21)3-6(26(29)30)4-10(13)28(33)34/h3-5H,2H2,1H3. The molecule has 0 spiro atoms. The van der Waals surface area contributed by atoms with Gasteiger partial charge in [-0.1, -0.05) is 11.6 Å². The average molecular weight is 582 g/mol. The molecule has 0 N–H and O–H groups in total. The van der Waals surface area contributed by atoms with Gasteiger partial charge in [0.05, 0.1) is 41.6 Å². The number of anilines is 2. The Bertz CT molecular complexity index is 1210. The highest BCUT2D eigenvalue weighted by Crippen LogP contribution is 2.53. The van der Waals surface area contributed by atoms with E-state index in [1.54, 1.807) is 0 Å². The zero-order valence-electron chi connectivity index (χ0n) is 16.2. The summed E-state index contributed by atoms with van der Waals surface area (Å²) in [5, 5.41) is 32.8. The molecular formula is C16H8BrClF6N4O6. The third kappa shape index (κ3) is 4.98. The summed E-state index contributed by atoms with van der Waals surface area (Å²) in [6.45, 7) is 0.428. The highest BCUT2D eigenvalue weighted by Gasteiger charge is 2.46. The molecule has 0 saturated heterocycles. The number of hydrogen-bond acceptors (Lipinski definition) is 7. The van der Waals surface area contributed by atoms with Crippen LogP contribution in [0.5, 0.6) is 0 Å². The summed E-state index contributed by atoms with van der Waals surface area (Å²) in [6, 6.07) is 0.408. The van der Waals surface area contributed by atoms with Crippen molar-refractivity contribution >= 4 is 56.0 Å². The van der Waals surface area contributed by atoms with E-state index >= 15 is 0 Å². The van der Waals surface area contributed by atoms with Crippen LogP contribution in [0.25, 0.3) is 0 Å². The Kier molecular flexibility index (Phi) is 7.32. The van der Waals surface area contributed by atoms with Gasteiger partial charge in [-0.2, -0.15) is 26.3 Å². The molecule has 0 bridgehead atoms. The fourth-order valence-electron chi connectivity index (χ4n) is 3.03. The molecule has 0 aromatic heterocycles. The van der Waals surface area contributed by atoms with Crippen LogP contribution in [0.2, 0.25) is 5.02 Å². The van der Waals surface area contributed by atoms with E-state index in [0.717, 1.165) is 6.92 Å². The van der Waals surface area contributed by atoms with Crippen molar-refractivity contribution in [2.24, 2.45) is 0 Å². The number of rotatable bonds is 6. The fraction of sp³-hybridized carbons (Fsp3) is 0.250. The molecule has 0 aliphatic carbocycles. The van der Waals surface area contributed by atoms with Gasteiger partial charge in [0.25, 0.3) is 17.1 Å². The van der Waals surface area contributed by atoms with Crippen LogP contribution in [0.15, 0.2) is 22.7 Å². The Balaban J connectivity index is 3.10. The van der Waals surface area contributed by atoms with E-state index in [4.69, 9.17) is 11.6 Å². The molecule has 2 rings (SSSR count). The molecule has 0 atom stereocenters. The van der Waals surface area contributed by atoms with Crippen LogP contribution in [0, 0.1) is 30.3 Å². The first-order valence-corrected chi connectivity index (χ1v) is 9.65. The molecule has 184 valence electrons. The van der Waals surface area contributed by atoms with E-state index in [1.807, 2.05) is 0 Å². The Morgan fingerprint density at radius 3 is 1.79 bits per heavy atom. The maximum Gasteiger partial charge on any atom is 0.424 e. The van der Waals surface area contributed by atoms with Crippen LogP contribution >= 0.6 is 27.5 Å². The minimum absolute atomic E-state index is 0.0249. The van der Waals surface area contributed by atoms with Crippen molar-refractivity contribution in [1.29, 1.82) is 0 Å². The molecule has 0 aliphatic heterocycles. The lowest BCUT2D eigenvalue weighted by Crippen LogP contribution is -2.24. The van der Waals surface area contributed by atoms with E-state index in [9.17, 15) is 56.7 Å². The zero-order chi connectivity index (χ0) is 26.3. The molecular weight excluding hydrogens is 574 g/mol. The summed E-state index contributed by atoms with van der Waals surface area (Å²) in [4.78, 5) is 29.9. The van der Waals surface area contributed by atoms with Crippen LogP contribution in [0.4, 0.5) is 54.8 Å². The van der Waals surface area contributed by atoms with Gasteiger partial charge >= 0.3 is 12.4 Å². The third-order valence-electron chi connectivity index (χ3n) is 4.30. The quantitative estimate of drug-likeness (QED) is 0.203. The van der Waals surface area contributed by atoms with Crippen molar-refractivity contribution < 1.29 is 41.1 Å². The van der Waals surface area contributed by atoms with Crippen molar-refractivity contribution in [3.8, 4) is 0 Å². The Morgan fingerprint density at radius 2 is 1.41 bits per heavy atom. The van der Waals surface area contributed by atoms with Crippen molar-refractivity contribution in [1.82, 2.24) is 0 Å². The highest BCUT2D eigenvalue weighted by molar-refractivity contribution is 9.10. The summed E-state index contributed by atoms with van der Waals surface area (Å²) < 4.78 is 81.1. The van der Waals surface area contributed by atoms with Gasteiger partial charge in [-0.25, -0.2) is 0 Å². The van der Waals surface area contributed by atoms with E-state index in [1.165, 1.54) is 0 Å². The number of halogens is 8. The topological polar surface area (TPSA) is 133 Å². The monoisotopic (exact) mass is 580 g/mol. The second-order valence-corrected chi connectivity index (χ2v) is 7.49. The Hall–Kier alpha value is -3.21. The van der Waals surface area contributed by atoms with Gasteiger partial charge in [-0.05, 0) is 22.9 Å². The van der Waals surface area contributed by atoms with Gasteiger partial charge in [-0.3, -0.25) is 30.3 Å². The molecule has 34 heavy (non-hydrogen) atoms. The summed E-state index contributed by atoms with van der Waals surface area (Å²) in [6.07, 6.45) is -10.8. The summed E-state index contributed by atoms with van der Waals surface area (Å²) >= 11 is 8.39. The molecule has 18 heteroatoms. The van der Waals surface area contributed by atoms with Crippen molar-refractivity contribution in [3.63, 3.8) is 0 Å². The van der Waals surface area contributed by atoms with Crippen LogP contribution in [-0.4, -0.2) is 21.3 Å². The molecule has 0 unspecified atom stereocenters. The molecule has 0 radical (unpaired) electrons. The average Bonchev–Trinajstić information content (AvgIpc) is 2.67. The van der Waals surface area contributed by atoms with Crippen LogP contribution in [0.1, 0.15) is 18.1 Å². The smallest absolute Gasteiger partial charge is 0.333 e. The fourth-order valence-corrected chi connectivity index (χ4v) is 4.30. The summed E-state index contributed by atoms with van der Waals surface area (Å²) in [7, 11) is 0. The first-order chi connectivity index (χ1) is 15.4. The molecule has 0 amide bonds. The predicted octanol–water partition coefficient (Wildman–Crippen LogP) is 7.02. The number of nitro groups is 3. The SMILES string of the molecule is CCN(c1c([N+](=O)[O-])cc([N+](=O)[O-])cc1C(F)(F)F)c1c(Cl)cc([N+](=O)[O-])c(C(F)(F)F)c1Br. The van der Waals surface area contributed by atoms with E-state index in [0.29, 0.717) is 4.90 Å². The second kappa shape index (κ2) is 9.21. The minimum Gasteiger partial charge on any atom is -0.333 e. The number of nitro benzene ring substituents is 3. The second-order valence-electron chi connectivity index (χ2n) is 6.29. The highest BCUT2D eigenvalue weighted by atomic mass is 79.9. The number of alkyl halides is 6. The largest absolute Gasteiger partial charge is 0.424 e. The number of non-ortho nitro benzene ring substituents is 1. The van der Waals surface area contributed by atoms with Gasteiger partial charge in [0.2, 0.25) is 0 Å². The van der Waals surface area contributed by atoms with E-state index < -0.39 is 82.7 Å². The van der Waals surface area contributed by atoms with Crippen molar-refractivity contribution in [2.75, 3.05) is 11.4 Å². The van der Waals surface area contributed by atoms with Gasteiger partial charge in [0, 0.05) is 18.7 Å². The number of nitrogens with zero attached hydrogens (tertiary/aromatic N) is 4. The maximum atomic E-state index is 13.8. The normalized spacial score (nSPS) is 11.9. The lowest BCUT2D eigenvalue weighted by molar-refractivity contribution is -0.394. The Labute approximate surface area is 197 Å². The van der Waals surface area contributed by atoms with Gasteiger partial charge in [0.1, 0.15) is 11.3 Å². The molecule has 0 heterocycles. The first-order valence-electron chi connectivity index (χ1n) is 8.48. The van der Waals surface area contributed by atoms with Crippen LogP contribution in [0.3, 0.4) is 0 Å². The first kappa shape index (κ1) is 27.0.